The maximum Gasteiger partial charge on any atom is 0.0709 e. The number of thioether (sulfide) groups is 1. The Morgan fingerprint density at radius 3 is 1.82 bits per heavy atom. The van der Waals surface area contributed by atoms with Gasteiger partial charge in [0.1, 0.15) is 0 Å². The second-order valence-electron chi connectivity index (χ2n) is 11.8. The van der Waals surface area contributed by atoms with E-state index in [1.807, 2.05) is 39.5 Å². The summed E-state index contributed by atoms with van der Waals surface area (Å²) >= 11 is 1.88. The van der Waals surface area contributed by atoms with Crippen LogP contribution in [0.1, 0.15) is 55.5 Å². The lowest BCUT2D eigenvalue weighted by Crippen LogP contribution is -2.11. The molecule has 0 bridgehead atoms. The van der Waals surface area contributed by atoms with E-state index >= 15 is 0 Å². The Hall–Kier alpha value is -4.12. The van der Waals surface area contributed by atoms with Gasteiger partial charge in [-0.05, 0) is 105 Å². The molecule has 0 radical (unpaired) electrons. The van der Waals surface area contributed by atoms with Crippen molar-refractivity contribution in [2.75, 3.05) is 24.0 Å². The van der Waals surface area contributed by atoms with E-state index in [0.29, 0.717) is 5.75 Å². The Morgan fingerprint density at radius 2 is 1.20 bits per heavy atom. The maximum atomic E-state index is 5.80. The first kappa shape index (κ1) is 37.7. The summed E-state index contributed by atoms with van der Waals surface area (Å²) in [6, 6.07) is 24.6. The molecule has 0 fully saturated rings. The summed E-state index contributed by atoms with van der Waals surface area (Å²) in [6.45, 7) is 20.9. The van der Waals surface area contributed by atoms with Crippen LogP contribution in [0.4, 0.5) is 22.7 Å². The van der Waals surface area contributed by atoms with Crippen LogP contribution in [-0.2, 0) is 15.7 Å². The molecule has 2 N–H and O–H groups in total. The lowest BCUT2D eigenvalue weighted by Gasteiger charge is -2.31. The second kappa shape index (κ2) is 16.1. The van der Waals surface area contributed by atoms with Crippen LogP contribution in [0.15, 0.2) is 85.6 Å². The zero-order valence-corrected chi connectivity index (χ0v) is 32.5. The second-order valence-corrected chi connectivity index (χ2v) is 15.3. The van der Waals surface area contributed by atoms with Gasteiger partial charge in [-0.25, -0.2) is 0 Å². The monoisotopic (exact) mass is 688 g/mol. The highest BCUT2D eigenvalue weighted by atomic mass is 32.2. The molecule has 0 spiro atoms. The average Bonchev–Trinajstić information content (AvgIpc) is 3.12. The standard InChI is InChI=1S/C37H36N2OS2.C3H4.2C2H6/c1-21-16-28-30(18-24-12-8-9-14-26(24)31(28)19-41-5)36-34(21)39-37-33-23(3)25-13-10-11-15-27(25)32(20-42(6,7)40-4)29(33)17-22(2)35(37)38-36;1-3-2;2*1-2/h8-18,38-39H,6-7,19-20H2,1-5H3;1-2H2;2*1-2H3. The minimum absolute atomic E-state index is 0.692. The molecule has 256 valence electrons. The smallest absolute Gasteiger partial charge is 0.0709 e. The number of hydrogen-bond donors (Lipinski definition) is 2. The van der Waals surface area contributed by atoms with Crippen LogP contribution in [0.5, 0.6) is 0 Å². The van der Waals surface area contributed by atoms with E-state index in [2.05, 4.69) is 135 Å². The van der Waals surface area contributed by atoms with E-state index in [-0.39, 0.29) is 0 Å². The van der Waals surface area contributed by atoms with Gasteiger partial charge in [0.25, 0.3) is 0 Å². The van der Waals surface area contributed by atoms with Crippen molar-refractivity contribution in [1.82, 2.24) is 0 Å². The van der Waals surface area contributed by atoms with E-state index in [1.165, 1.54) is 70.9 Å². The zero-order chi connectivity index (χ0) is 36.0. The summed E-state index contributed by atoms with van der Waals surface area (Å²) < 4.78 is 5.80. The first-order valence-corrected chi connectivity index (χ1v) is 20.4. The van der Waals surface area contributed by atoms with Crippen LogP contribution in [0.2, 0.25) is 0 Å². The lowest BCUT2D eigenvalue weighted by molar-refractivity contribution is 0.485. The number of aryl methyl sites for hydroxylation is 3. The molecule has 1 aliphatic heterocycles. The molecule has 0 aliphatic carbocycles. The largest absolute Gasteiger partial charge is 0.351 e. The Labute approximate surface area is 299 Å². The van der Waals surface area contributed by atoms with Crippen molar-refractivity contribution in [3.05, 3.63) is 113 Å². The average molecular weight is 689 g/mol. The van der Waals surface area contributed by atoms with Crippen molar-refractivity contribution in [2.24, 2.45) is 0 Å². The third kappa shape index (κ3) is 7.00. The van der Waals surface area contributed by atoms with Gasteiger partial charge in [0.2, 0.25) is 0 Å². The highest BCUT2D eigenvalue weighted by Crippen LogP contribution is 2.52. The van der Waals surface area contributed by atoms with E-state index in [1.54, 1.807) is 7.11 Å². The first-order valence-electron chi connectivity index (χ1n) is 16.9. The van der Waals surface area contributed by atoms with Crippen LogP contribution >= 0.6 is 21.2 Å². The fraction of sp³-hybridized carbons (Fsp3) is 0.250. The molecule has 7 rings (SSSR count). The van der Waals surface area contributed by atoms with E-state index < -0.39 is 9.49 Å². The summed E-state index contributed by atoms with van der Waals surface area (Å²) in [4.78, 5) is 0. The molecule has 0 amide bonds. The van der Waals surface area contributed by atoms with Gasteiger partial charge < -0.3 is 14.8 Å². The minimum Gasteiger partial charge on any atom is -0.351 e. The van der Waals surface area contributed by atoms with Crippen molar-refractivity contribution < 1.29 is 4.18 Å². The molecule has 3 nitrogen and oxygen atoms in total. The summed E-state index contributed by atoms with van der Waals surface area (Å²) in [5, 5.41) is 18.1. The quantitative estimate of drug-likeness (QED) is 0.107. The van der Waals surface area contributed by atoms with Crippen LogP contribution in [0.3, 0.4) is 0 Å². The van der Waals surface area contributed by atoms with Crippen molar-refractivity contribution in [1.29, 1.82) is 0 Å². The van der Waals surface area contributed by atoms with Gasteiger partial charge in [-0.1, -0.05) is 101 Å². The third-order valence-electron chi connectivity index (χ3n) is 8.91. The molecule has 5 heteroatoms. The fourth-order valence-electron chi connectivity index (χ4n) is 6.83. The van der Waals surface area contributed by atoms with Crippen LogP contribution in [0, 0.1) is 20.8 Å². The predicted molar refractivity (Wildman–Crippen MR) is 231 cm³/mol. The van der Waals surface area contributed by atoms with Gasteiger partial charge in [-0.2, -0.15) is 11.8 Å². The molecule has 6 aromatic carbocycles. The van der Waals surface area contributed by atoms with Crippen molar-refractivity contribution in [3.8, 4) is 0 Å². The third-order valence-corrected chi connectivity index (χ3v) is 11.0. The number of benzene rings is 6. The van der Waals surface area contributed by atoms with Gasteiger partial charge in [-0.3, -0.25) is 0 Å². The molecule has 0 saturated heterocycles. The molecular formula is C44H52N2OS2. The summed E-state index contributed by atoms with van der Waals surface area (Å²) in [5.74, 6) is 10.4. The summed E-state index contributed by atoms with van der Waals surface area (Å²) in [6.07, 6.45) is 2.19. The van der Waals surface area contributed by atoms with E-state index in [9.17, 15) is 0 Å². The Bertz CT molecular complexity index is 2310. The molecule has 1 heterocycles. The Morgan fingerprint density at radius 1 is 0.673 bits per heavy atom. The fourth-order valence-corrected chi connectivity index (χ4v) is 8.39. The number of fused-ring (bicyclic) bond motifs is 8. The molecule has 0 atom stereocenters. The molecule has 6 aromatic rings. The van der Waals surface area contributed by atoms with Gasteiger partial charge in [-0.15, -0.1) is 15.2 Å². The molecule has 1 aliphatic rings. The number of rotatable bonds is 5. The zero-order valence-electron chi connectivity index (χ0n) is 30.8. The number of hydrogen-bond acceptors (Lipinski definition) is 4. The number of anilines is 4. The minimum atomic E-state index is -1.75. The molecule has 0 saturated carbocycles. The van der Waals surface area contributed by atoms with Crippen LogP contribution in [-0.4, -0.2) is 25.1 Å². The van der Waals surface area contributed by atoms with Gasteiger partial charge >= 0.3 is 0 Å². The molecule has 0 unspecified atom stereocenters. The summed E-state index contributed by atoms with van der Waals surface area (Å²) in [7, 11) is -0.0203. The Balaban J connectivity index is 0.000000722. The first-order chi connectivity index (χ1) is 23.6. The topological polar surface area (TPSA) is 33.3 Å². The SMILES string of the molecule is C=C=C.C=S(=C)(Cc1c2ccccc2c(C)c2c3c(c(C)cc12)Nc1c(c(C)cc2c(CSC)c4ccccc4cc12)N3)OC.CC.CC. The lowest BCUT2D eigenvalue weighted by atomic mass is 9.88. The maximum absolute atomic E-state index is 5.80. The molecule has 49 heavy (non-hydrogen) atoms. The normalized spacial score (nSPS) is 11.4. The predicted octanol–water partition coefficient (Wildman–Crippen LogP) is 13.6. The van der Waals surface area contributed by atoms with Crippen molar-refractivity contribution >= 4 is 98.8 Å². The van der Waals surface area contributed by atoms with Crippen LogP contribution in [0.25, 0.3) is 43.1 Å². The highest BCUT2D eigenvalue weighted by molar-refractivity contribution is 8.23. The van der Waals surface area contributed by atoms with Crippen molar-refractivity contribution in [3.63, 3.8) is 0 Å². The van der Waals surface area contributed by atoms with E-state index in [4.69, 9.17) is 4.18 Å². The van der Waals surface area contributed by atoms with Gasteiger partial charge in [0.05, 0.1) is 22.7 Å². The summed E-state index contributed by atoms with van der Waals surface area (Å²) in [5.41, 5.74) is 13.2. The molecular weight excluding hydrogens is 637 g/mol. The van der Waals surface area contributed by atoms with Gasteiger partial charge in [0.15, 0.2) is 0 Å². The van der Waals surface area contributed by atoms with Gasteiger partial charge in [0, 0.05) is 29.4 Å². The van der Waals surface area contributed by atoms with E-state index in [0.717, 1.165) is 28.5 Å². The number of nitrogens with one attached hydrogen (secondary N) is 2. The van der Waals surface area contributed by atoms with Crippen molar-refractivity contribution in [2.45, 2.75) is 60.0 Å². The highest BCUT2D eigenvalue weighted by Gasteiger charge is 2.26. The Kier molecular flexibility index (Phi) is 12.4. The molecule has 0 aromatic heterocycles. The van der Waals surface area contributed by atoms with Crippen LogP contribution < -0.4 is 10.6 Å².